The number of hydrogen-bond acceptors (Lipinski definition) is 5. The molecular formula is C21H26N4O4. The molecule has 2 aromatic rings. The van der Waals surface area contributed by atoms with E-state index < -0.39 is 17.5 Å². The van der Waals surface area contributed by atoms with Gasteiger partial charge in [0, 0.05) is 23.4 Å². The Morgan fingerprint density at radius 3 is 2.83 bits per heavy atom. The molecule has 4 rings (SSSR count). The molecular weight excluding hydrogens is 372 g/mol. The van der Waals surface area contributed by atoms with Crippen molar-refractivity contribution in [2.45, 2.75) is 45.9 Å². The lowest BCUT2D eigenvalue weighted by Gasteiger charge is -2.35. The summed E-state index contributed by atoms with van der Waals surface area (Å²) in [6.45, 7) is 8.17. The normalized spacial score (nSPS) is 25.3. The average molecular weight is 398 g/mol. The van der Waals surface area contributed by atoms with Crippen LogP contribution in [0.4, 0.5) is 0 Å². The summed E-state index contributed by atoms with van der Waals surface area (Å²) < 4.78 is 5.59. The fraction of sp³-hybridized carbons (Fsp3) is 0.524. The van der Waals surface area contributed by atoms with Gasteiger partial charge in [0.2, 0.25) is 5.91 Å². The topological polar surface area (TPSA) is 104 Å². The Bertz CT molecular complexity index is 976. The molecule has 0 unspecified atom stereocenters. The number of ketones is 1. The van der Waals surface area contributed by atoms with Gasteiger partial charge in [0.05, 0.1) is 17.8 Å². The number of carbonyl (C=O) groups excluding carboxylic acids is 3. The van der Waals surface area contributed by atoms with Gasteiger partial charge < -0.3 is 15.0 Å². The Morgan fingerprint density at radius 1 is 1.34 bits per heavy atom. The maximum absolute atomic E-state index is 13.5. The van der Waals surface area contributed by atoms with E-state index in [0.717, 1.165) is 10.9 Å². The highest BCUT2D eigenvalue weighted by atomic mass is 16.5. The summed E-state index contributed by atoms with van der Waals surface area (Å²) >= 11 is 0. The van der Waals surface area contributed by atoms with Crippen molar-refractivity contribution in [2.75, 3.05) is 13.2 Å². The van der Waals surface area contributed by atoms with Gasteiger partial charge in [-0.25, -0.2) is 0 Å². The molecule has 0 saturated carbocycles. The van der Waals surface area contributed by atoms with Crippen molar-refractivity contribution in [1.82, 2.24) is 20.4 Å². The van der Waals surface area contributed by atoms with Gasteiger partial charge in [0.1, 0.15) is 18.7 Å². The SMILES string of the molecule is C[C@@H]1CN(C(=O)[C@@H](NC(=O)c2ccc3cn[nH]c3c2)C(C)(C)C)[C@@H]2C(=O)CO[C@H]12. The minimum absolute atomic E-state index is 0.0419. The van der Waals surface area contributed by atoms with Crippen LogP contribution in [0.3, 0.4) is 0 Å². The molecule has 0 spiro atoms. The lowest BCUT2D eigenvalue weighted by molar-refractivity contribution is -0.140. The van der Waals surface area contributed by atoms with E-state index in [2.05, 4.69) is 15.5 Å². The molecule has 2 aliphatic heterocycles. The van der Waals surface area contributed by atoms with Gasteiger partial charge in [-0.3, -0.25) is 19.5 Å². The van der Waals surface area contributed by atoms with Crippen molar-refractivity contribution in [3.8, 4) is 0 Å². The molecule has 0 radical (unpaired) electrons. The van der Waals surface area contributed by atoms with Crippen molar-refractivity contribution in [2.24, 2.45) is 11.3 Å². The Labute approximate surface area is 169 Å². The van der Waals surface area contributed by atoms with Crippen LogP contribution in [-0.2, 0) is 14.3 Å². The summed E-state index contributed by atoms with van der Waals surface area (Å²) in [4.78, 5) is 40.3. The van der Waals surface area contributed by atoms with E-state index in [1.165, 1.54) is 0 Å². The van der Waals surface area contributed by atoms with Crippen LogP contribution in [0, 0.1) is 11.3 Å². The number of rotatable bonds is 3. The second kappa shape index (κ2) is 6.95. The number of aromatic nitrogens is 2. The van der Waals surface area contributed by atoms with Gasteiger partial charge >= 0.3 is 0 Å². The molecule has 2 N–H and O–H groups in total. The Balaban J connectivity index is 1.58. The number of ether oxygens (including phenoxy) is 1. The second-order valence-electron chi connectivity index (χ2n) is 9.10. The quantitative estimate of drug-likeness (QED) is 0.816. The lowest BCUT2D eigenvalue weighted by Crippen LogP contribution is -2.57. The van der Waals surface area contributed by atoms with Crippen LogP contribution in [0.15, 0.2) is 24.4 Å². The molecule has 2 saturated heterocycles. The summed E-state index contributed by atoms with van der Waals surface area (Å²) in [6, 6.07) is 3.90. The van der Waals surface area contributed by atoms with Crippen LogP contribution in [-0.4, -0.2) is 64.0 Å². The molecule has 0 bridgehead atoms. The molecule has 4 atom stereocenters. The first-order chi connectivity index (χ1) is 13.7. The molecule has 154 valence electrons. The number of amides is 2. The Hall–Kier alpha value is -2.74. The molecule has 2 fully saturated rings. The third-order valence-corrected chi connectivity index (χ3v) is 5.82. The minimum Gasteiger partial charge on any atom is -0.367 e. The molecule has 8 heteroatoms. The number of nitrogens with zero attached hydrogens (tertiary/aromatic N) is 2. The van der Waals surface area contributed by atoms with Crippen LogP contribution >= 0.6 is 0 Å². The fourth-order valence-corrected chi connectivity index (χ4v) is 4.23. The van der Waals surface area contributed by atoms with Crippen LogP contribution in [0.1, 0.15) is 38.1 Å². The van der Waals surface area contributed by atoms with E-state index in [-0.39, 0.29) is 36.2 Å². The molecule has 1 aromatic heterocycles. The van der Waals surface area contributed by atoms with E-state index in [1.807, 2.05) is 33.8 Å². The zero-order chi connectivity index (χ0) is 20.9. The Kier molecular flexibility index (Phi) is 4.69. The number of likely N-dealkylation sites (tertiary alicyclic amines) is 1. The highest BCUT2D eigenvalue weighted by Gasteiger charge is 2.52. The molecule has 2 aliphatic rings. The van der Waals surface area contributed by atoms with Crippen molar-refractivity contribution in [3.05, 3.63) is 30.0 Å². The highest BCUT2D eigenvalue weighted by Crippen LogP contribution is 2.33. The van der Waals surface area contributed by atoms with Crippen LogP contribution in [0.25, 0.3) is 10.9 Å². The van der Waals surface area contributed by atoms with Crippen molar-refractivity contribution >= 4 is 28.5 Å². The van der Waals surface area contributed by atoms with E-state index in [1.54, 1.807) is 23.2 Å². The molecule has 8 nitrogen and oxygen atoms in total. The molecule has 3 heterocycles. The summed E-state index contributed by atoms with van der Waals surface area (Å²) in [5.74, 6) is -0.579. The van der Waals surface area contributed by atoms with E-state index in [4.69, 9.17) is 4.74 Å². The zero-order valence-corrected chi connectivity index (χ0v) is 17.1. The first-order valence-corrected chi connectivity index (χ1v) is 9.85. The molecule has 1 aromatic carbocycles. The summed E-state index contributed by atoms with van der Waals surface area (Å²) in [5.41, 5.74) is 0.659. The fourth-order valence-electron chi connectivity index (χ4n) is 4.23. The number of fused-ring (bicyclic) bond motifs is 2. The lowest BCUT2D eigenvalue weighted by atomic mass is 9.85. The number of aromatic amines is 1. The van der Waals surface area contributed by atoms with Gasteiger partial charge in [0.25, 0.3) is 5.91 Å². The maximum Gasteiger partial charge on any atom is 0.252 e. The average Bonchev–Trinajstić information content (AvgIpc) is 3.35. The number of hydrogen-bond donors (Lipinski definition) is 2. The van der Waals surface area contributed by atoms with Crippen molar-refractivity contribution < 1.29 is 19.1 Å². The van der Waals surface area contributed by atoms with E-state index >= 15 is 0 Å². The van der Waals surface area contributed by atoms with Gasteiger partial charge in [-0.1, -0.05) is 33.8 Å². The standard InChI is InChI=1S/C21H26N4O4/c1-11-9-25(16-15(26)10-29-17(11)16)20(28)18(21(2,3)4)23-19(27)12-5-6-13-8-22-24-14(13)7-12/h5-8,11,16-18H,9-10H2,1-4H3,(H,22,24)(H,23,27)/t11-,16-,17-,18-/m1/s1. The van der Waals surface area contributed by atoms with Gasteiger partial charge in [-0.15, -0.1) is 0 Å². The van der Waals surface area contributed by atoms with Gasteiger partial charge in [-0.05, 0) is 17.5 Å². The van der Waals surface area contributed by atoms with Gasteiger partial charge in [0.15, 0.2) is 5.78 Å². The third-order valence-electron chi connectivity index (χ3n) is 5.82. The summed E-state index contributed by atoms with van der Waals surface area (Å²) in [6.07, 6.45) is 1.43. The summed E-state index contributed by atoms with van der Waals surface area (Å²) in [7, 11) is 0. The highest BCUT2D eigenvalue weighted by molar-refractivity contribution is 6.01. The van der Waals surface area contributed by atoms with Crippen LogP contribution < -0.4 is 5.32 Å². The number of benzene rings is 1. The first-order valence-electron chi connectivity index (χ1n) is 9.85. The maximum atomic E-state index is 13.5. The molecule has 29 heavy (non-hydrogen) atoms. The van der Waals surface area contributed by atoms with Gasteiger partial charge in [-0.2, -0.15) is 5.10 Å². The minimum atomic E-state index is -0.771. The Morgan fingerprint density at radius 2 is 2.10 bits per heavy atom. The number of H-pyrrole nitrogens is 1. The predicted molar refractivity (Wildman–Crippen MR) is 106 cm³/mol. The number of nitrogens with one attached hydrogen (secondary N) is 2. The largest absolute Gasteiger partial charge is 0.367 e. The third kappa shape index (κ3) is 3.42. The van der Waals surface area contributed by atoms with Crippen molar-refractivity contribution in [1.29, 1.82) is 0 Å². The number of carbonyl (C=O) groups is 3. The number of Topliss-reactive ketones (excluding diaryl/α,β-unsaturated/α-hetero) is 1. The van der Waals surface area contributed by atoms with Crippen LogP contribution in [0.2, 0.25) is 0 Å². The van der Waals surface area contributed by atoms with Crippen LogP contribution in [0.5, 0.6) is 0 Å². The van der Waals surface area contributed by atoms with E-state index in [0.29, 0.717) is 12.1 Å². The smallest absolute Gasteiger partial charge is 0.252 e. The van der Waals surface area contributed by atoms with Crippen molar-refractivity contribution in [3.63, 3.8) is 0 Å². The first kappa shape index (κ1) is 19.6. The predicted octanol–water partition coefficient (Wildman–Crippen LogP) is 1.52. The zero-order valence-electron chi connectivity index (χ0n) is 17.1. The molecule has 2 amide bonds. The molecule has 0 aliphatic carbocycles. The second-order valence-corrected chi connectivity index (χ2v) is 9.10. The van der Waals surface area contributed by atoms with E-state index in [9.17, 15) is 14.4 Å². The summed E-state index contributed by atoms with van der Waals surface area (Å²) in [5, 5.41) is 10.6. The monoisotopic (exact) mass is 398 g/mol.